The second kappa shape index (κ2) is 4.80. The Morgan fingerprint density at radius 3 is 2.75 bits per heavy atom. The number of carbonyl (C=O) groups is 1. The Balaban J connectivity index is 1.84. The fourth-order valence-corrected chi connectivity index (χ4v) is 2.48. The molecular formula is C15H14ClN3O. The highest BCUT2D eigenvalue weighted by atomic mass is 35.5. The van der Waals surface area contributed by atoms with Crippen molar-refractivity contribution in [2.75, 3.05) is 5.73 Å². The number of hydrogen-bond acceptors (Lipinski definition) is 3. The van der Waals surface area contributed by atoms with Crippen LogP contribution in [0.15, 0.2) is 42.6 Å². The smallest absolute Gasteiger partial charge is 0.255 e. The van der Waals surface area contributed by atoms with Gasteiger partial charge >= 0.3 is 0 Å². The van der Waals surface area contributed by atoms with Gasteiger partial charge in [-0.15, -0.1) is 0 Å². The first-order valence-corrected chi connectivity index (χ1v) is 6.78. The molecule has 1 aliphatic rings. The van der Waals surface area contributed by atoms with Gasteiger partial charge in [0.05, 0.1) is 11.1 Å². The van der Waals surface area contributed by atoms with Crippen molar-refractivity contribution >= 4 is 23.3 Å². The van der Waals surface area contributed by atoms with Crippen molar-refractivity contribution in [3.8, 4) is 0 Å². The van der Waals surface area contributed by atoms with E-state index in [1.165, 1.54) is 0 Å². The molecule has 0 atom stereocenters. The summed E-state index contributed by atoms with van der Waals surface area (Å²) >= 11 is 6.01. The summed E-state index contributed by atoms with van der Waals surface area (Å²) in [6, 6.07) is 11.0. The molecule has 1 aliphatic carbocycles. The first kappa shape index (κ1) is 12.9. The maximum Gasteiger partial charge on any atom is 0.255 e. The molecule has 4 nitrogen and oxygen atoms in total. The minimum absolute atomic E-state index is 0.201. The summed E-state index contributed by atoms with van der Waals surface area (Å²) in [4.78, 5) is 16.2. The van der Waals surface area contributed by atoms with Crippen molar-refractivity contribution in [3.05, 3.63) is 58.7 Å². The summed E-state index contributed by atoms with van der Waals surface area (Å²) in [6.07, 6.45) is 3.37. The van der Waals surface area contributed by atoms with Crippen molar-refractivity contribution in [1.29, 1.82) is 0 Å². The molecule has 1 aromatic heterocycles. The Labute approximate surface area is 122 Å². The van der Waals surface area contributed by atoms with Gasteiger partial charge in [-0.05, 0) is 42.7 Å². The van der Waals surface area contributed by atoms with E-state index in [1.54, 1.807) is 18.3 Å². The van der Waals surface area contributed by atoms with Crippen LogP contribution in [-0.2, 0) is 5.54 Å². The van der Waals surface area contributed by atoms with Gasteiger partial charge in [0.15, 0.2) is 0 Å². The van der Waals surface area contributed by atoms with E-state index < -0.39 is 0 Å². The SMILES string of the molecule is Nc1ncccc1C(=O)NC1(c2cccc(Cl)c2)CC1. The van der Waals surface area contributed by atoms with Gasteiger partial charge in [0.25, 0.3) is 5.91 Å². The van der Waals surface area contributed by atoms with Gasteiger partial charge in [-0.3, -0.25) is 4.79 Å². The van der Waals surface area contributed by atoms with Crippen LogP contribution in [0.5, 0.6) is 0 Å². The van der Waals surface area contributed by atoms with Crippen molar-refractivity contribution in [2.45, 2.75) is 18.4 Å². The first-order chi connectivity index (χ1) is 9.61. The number of rotatable bonds is 3. The second-order valence-electron chi connectivity index (χ2n) is 4.98. The number of anilines is 1. The molecule has 20 heavy (non-hydrogen) atoms. The average Bonchev–Trinajstić information content (AvgIpc) is 3.20. The van der Waals surface area contributed by atoms with Crippen LogP contribution in [-0.4, -0.2) is 10.9 Å². The molecule has 0 saturated heterocycles. The van der Waals surface area contributed by atoms with Gasteiger partial charge < -0.3 is 11.1 Å². The number of nitrogens with one attached hydrogen (secondary N) is 1. The standard InChI is InChI=1S/C15H14ClN3O/c16-11-4-1-3-10(9-11)15(6-7-15)19-14(20)12-5-2-8-18-13(12)17/h1-5,8-9H,6-7H2,(H2,17,18)(H,19,20). The van der Waals surface area contributed by atoms with Gasteiger partial charge in [-0.1, -0.05) is 23.7 Å². The van der Waals surface area contributed by atoms with Crippen LogP contribution < -0.4 is 11.1 Å². The van der Waals surface area contributed by atoms with E-state index in [0.29, 0.717) is 10.6 Å². The minimum atomic E-state index is -0.315. The van der Waals surface area contributed by atoms with Gasteiger partial charge in [0, 0.05) is 11.2 Å². The highest BCUT2D eigenvalue weighted by Gasteiger charge is 2.46. The largest absolute Gasteiger partial charge is 0.383 e. The number of hydrogen-bond donors (Lipinski definition) is 2. The quantitative estimate of drug-likeness (QED) is 0.912. The number of benzene rings is 1. The zero-order valence-corrected chi connectivity index (χ0v) is 11.5. The fourth-order valence-electron chi connectivity index (χ4n) is 2.29. The third-order valence-corrected chi connectivity index (χ3v) is 3.80. The highest BCUT2D eigenvalue weighted by molar-refractivity contribution is 6.30. The van der Waals surface area contributed by atoms with E-state index in [0.717, 1.165) is 18.4 Å². The maximum absolute atomic E-state index is 12.3. The van der Waals surface area contributed by atoms with Crippen LogP contribution in [0, 0.1) is 0 Å². The molecule has 0 aliphatic heterocycles. The van der Waals surface area contributed by atoms with Crippen LogP contribution in [0.1, 0.15) is 28.8 Å². The molecule has 3 N–H and O–H groups in total. The number of pyridine rings is 1. The van der Waals surface area contributed by atoms with Crippen molar-refractivity contribution in [1.82, 2.24) is 10.3 Å². The summed E-state index contributed by atoms with van der Waals surface area (Å²) in [5, 5.41) is 3.72. The number of carbonyl (C=O) groups excluding carboxylic acids is 1. The van der Waals surface area contributed by atoms with Crippen molar-refractivity contribution < 1.29 is 4.79 Å². The molecule has 102 valence electrons. The van der Waals surface area contributed by atoms with E-state index in [4.69, 9.17) is 17.3 Å². The van der Waals surface area contributed by atoms with E-state index >= 15 is 0 Å². The summed E-state index contributed by atoms with van der Waals surface area (Å²) < 4.78 is 0. The number of nitrogen functional groups attached to an aromatic ring is 1. The molecule has 0 spiro atoms. The molecule has 0 radical (unpaired) electrons. The first-order valence-electron chi connectivity index (χ1n) is 6.40. The average molecular weight is 288 g/mol. The fraction of sp³-hybridized carbons (Fsp3) is 0.200. The van der Waals surface area contributed by atoms with E-state index in [1.807, 2.05) is 24.3 Å². The zero-order valence-electron chi connectivity index (χ0n) is 10.8. The monoisotopic (exact) mass is 287 g/mol. The molecule has 5 heteroatoms. The minimum Gasteiger partial charge on any atom is -0.383 e. The lowest BCUT2D eigenvalue weighted by Gasteiger charge is -2.18. The van der Waals surface area contributed by atoms with Gasteiger partial charge in [0.2, 0.25) is 0 Å². The van der Waals surface area contributed by atoms with Crippen LogP contribution in [0.3, 0.4) is 0 Å². The van der Waals surface area contributed by atoms with E-state index in [-0.39, 0.29) is 17.3 Å². The molecule has 2 aromatic rings. The van der Waals surface area contributed by atoms with E-state index in [9.17, 15) is 4.79 Å². The predicted molar refractivity (Wildman–Crippen MR) is 78.5 cm³/mol. The zero-order chi connectivity index (χ0) is 14.2. The molecule has 1 heterocycles. The number of nitrogens with zero attached hydrogens (tertiary/aromatic N) is 1. The van der Waals surface area contributed by atoms with Gasteiger partial charge in [0.1, 0.15) is 5.82 Å². The molecule has 0 bridgehead atoms. The Morgan fingerprint density at radius 2 is 2.10 bits per heavy atom. The Hall–Kier alpha value is -2.07. The lowest BCUT2D eigenvalue weighted by Crippen LogP contribution is -2.35. The van der Waals surface area contributed by atoms with Gasteiger partial charge in [-0.25, -0.2) is 4.98 Å². The number of aromatic nitrogens is 1. The second-order valence-corrected chi connectivity index (χ2v) is 5.42. The van der Waals surface area contributed by atoms with E-state index in [2.05, 4.69) is 10.3 Å². The van der Waals surface area contributed by atoms with Gasteiger partial charge in [-0.2, -0.15) is 0 Å². The third-order valence-electron chi connectivity index (χ3n) is 3.56. The summed E-state index contributed by atoms with van der Waals surface area (Å²) in [7, 11) is 0. The topological polar surface area (TPSA) is 68.0 Å². The molecular weight excluding hydrogens is 274 g/mol. The third kappa shape index (κ3) is 2.34. The number of halogens is 1. The summed E-state index contributed by atoms with van der Waals surface area (Å²) in [5.41, 5.74) is 6.85. The normalized spacial score (nSPS) is 15.7. The lowest BCUT2D eigenvalue weighted by molar-refractivity contribution is 0.0931. The van der Waals surface area contributed by atoms with Crippen LogP contribution in [0.25, 0.3) is 0 Å². The summed E-state index contributed by atoms with van der Waals surface area (Å²) in [5.74, 6) is 0.0416. The lowest BCUT2D eigenvalue weighted by atomic mass is 10.0. The van der Waals surface area contributed by atoms with Crippen molar-refractivity contribution in [3.63, 3.8) is 0 Å². The Kier molecular flexibility index (Phi) is 3.10. The molecule has 0 unspecified atom stereocenters. The van der Waals surface area contributed by atoms with Crippen molar-refractivity contribution in [2.24, 2.45) is 0 Å². The molecule has 1 saturated carbocycles. The molecule has 1 aromatic carbocycles. The highest BCUT2D eigenvalue weighted by Crippen LogP contribution is 2.46. The number of amides is 1. The summed E-state index contributed by atoms with van der Waals surface area (Å²) in [6.45, 7) is 0. The maximum atomic E-state index is 12.3. The molecule has 1 amide bonds. The molecule has 3 rings (SSSR count). The van der Waals surface area contributed by atoms with Crippen LogP contribution >= 0.6 is 11.6 Å². The molecule has 1 fully saturated rings. The number of nitrogens with two attached hydrogens (primary N) is 1. The predicted octanol–water partition coefficient (Wildman–Crippen LogP) is 2.74. The Bertz CT molecular complexity index is 668. The van der Waals surface area contributed by atoms with Crippen LogP contribution in [0.2, 0.25) is 5.02 Å². The van der Waals surface area contributed by atoms with Crippen LogP contribution in [0.4, 0.5) is 5.82 Å². The Morgan fingerprint density at radius 1 is 1.30 bits per heavy atom.